The lowest BCUT2D eigenvalue weighted by Gasteiger charge is -2.13. The number of aliphatic hydroxyl groups excluding tert-OH is 1. The van der Waals surface area contributed by atoms with Crippen molar-refractivity contribution in [2.24, 2.45) is 0 Å². The Kier molecular flexibility index (Phi) is 3.90. The zero-order valence-electron chi connectivity index (χ0n) is 9.72. The molecule has 2 rings (SSSR count). The van der Waals surface area contributed by atoms with Crippen molar-refractivity contribution in [2.45, 2.75) is 42.6 Å². The Morgan fingerprint density at radius 3 is 2.56 bits per heavy atom. The van der Waals surface area contributed by atoms with Gasteiger partial charge in [-0.05, 0) is 38.0 Å². The summed E-state index contributed by atoms with van der Waals surface area (Å²) in [5.41, 5.74) is 0.972. The van der Waals surface area contributed by atoms with Crippen LogP contribution in [0.4, 0.5) is 0 Å². The molecule has 1 heterocycles. The number of thioether (sulfide) groups is 1. The first-order chi connectivity index (χ1) is 7.66. The van der Waals surface area contributed by atoms with Gasteiger partial charge < -0.3 is 9.84 Å². The first-order valence-corrected chi connectivity index (χ1v) is 6.61. The minimum Gasteiger partial charge on any atom is -0.389 e. The molecule has 0 aliphatic carbocycles. The van der Waals surface area contributed by atoms with Crippen LogP contribution >= 0.6 is 11.8 Å². The summed E-state index contributed by atoms with van der Waals surface area (Å²) >= 11 is 1.87. The number of hydrogen-bond acceptors (Lipinski definition) is 3. The van der Waals surface area contributed by atoms with Gasteiger partial charge in [-0.25, -0.2) is 0 Å². The molecule has 1 aromatic carbocycles. The van der Waals surface area contributed by atoms with Gasteiger partial charge in [0.2, 0.25) is 0 Å². The second kappa shape index (κ2) is 5.21. The van der Waals surface area contributed by atoms with Crippen LogP contribution in [0, 0.1) is 0 Å². The lowest BCUT2D eigenvalue weighted by Crippen LogP contribution is -2.12. The maximum Gasteiger partial charge on any atom is 0.0761 e. The molecule has 16 heavy (non-hydrogen) atoms. The molecule has 0 aromatic heterocycles. The molecule has 0 bridgehead atoms. The highest BCUT2D eigenvalue weighted by Gasteiger charge is 2.24. The van der Waals surface area contributed by atoms with Gasteiger partial charge in [0.1, 0.15) is 0 Å². The topological polar surface area (TPSA) is 29.5 Å². The van der Waals surface area contributed by atoms with Crippen LogP contribution in [0.1, 0.15) is 31.9 Å². The van der Waals surface area contributed by atoms with E-state index in [-0.39, 0.29) is 6.10 Å². The Labute approximate surface area is 101 Å². The van der Waals surface area contributed by atoms with E-state index in [0.29, 0.717) is 11.4 Å². The van der Waals surface area contributed by atoms with Gasteiger partial charge in [-0.3, -0.25) is 0 Å². The number of rotatable bonds is 3. The van der Waals surface area contributed by atoms with E-state index < -0.39 is 0 Å². The van der Waals surface area contributed by atoms with Crippen molar-refractivity contribution >= 4 is 11.8 Å². The van der Waals surface area contributed by atoms with Crippen LogP contribution in [-0.2, 0) is 4.74 Å². The lowest BCUT2D eigenvalue weighted by atomic mass is 10.1. The summed E-state index contributed by atoms with van der Waals surface area (Å²) < 4.78 is 5.54. The molecule has 1 fully saturated rings. The number of hydrogen-bond donors (Lipinski definition) is 1. The summed E-state index contributed by atoms with van der Waals surface area (Å²) in [5, 5.41) is 9.98. The predicted molar refractivity (Wildman–Crippen MR) is 66.8 cm³/mol. The Morgan fingerprint density at radius 2 is 2.06 bits per heavy atom. The molecule has 1 aliphatic heterocycles. The third kappa shape index (κ3) is 2.78. The second-order valence-electron chi connectivity index (χ2n) is 4.27. The molecule has 1 aliphatic rings. The molecule has 88 valence electrons. The number of aliphatic hydroxyl groups is 1. The largest absolute Gasteiger partial charge is 0.389 e. The summed E-state index contributed by atoms with van der Waals surface area (Å²) in [5.74, 6) is 0. The second-order valence-corrected chi connectivity index (χ2v) is 5.58. The molecule has 0 saturated carbocycles. The van der Waals surface area contributed by atoms with Gasteiger partial charge in [-0.15, -0.1) is 11.8 Å². The van der Waals surface area contributed by atoms with Crippen molar-refractivity contribution in [3.05, 3.63) is 29.8 Å². The first kappa shape index (κ1) is 12.0. The molecule has 1 saturated heterocycles. The predicted octanol–water partition coefficient (Wildman–Crippen LogP) is 3.01. The van der Waals surface area contributed by atoms with Gasteiger partial charge in [-0.1, -0.05) is 12.1 Å². The van der Waals surface area contributed by atoms with Crippen molar-refractivity contribution in [2.75, 3.05) is 6.61 Å². The molecule has 1 N–H and O–H groups in total. The molecule has 2 unspecified atom stereocenters. The quantitative estimate of drug-likeness (QED) is 0.877. The summed E-state index contributed by atoms with van der Waals surface area (Å²) in [6.07, 6.45) is 1.10. The standard InChI is InChI=1S/C13H18O2S/c1-9(14)11-3-5-12(6-4-11)16-13-7-8-15-10(13)2/h3-6,9-10,13-14H,7-8H2,1-2H3/t9-,10?,13?/m0/s1. The molecule has 0 spiro atoms. The van der Waals surface area contributed by atoms with Crippen LogP contribution in [-0.4, -0.2) is 23.1 Å². The van der Waals surface area contributed by atoms with Gasteiger partial charge >= 0.3 is 0 Å². The van der Waals surface area contributed by atoms with E-state index in [2.05, 4.69) is 19.1 Å². The third-order valence-corrected chi connectivity index (χ3v) is 4.42. The summed E-state index contributed by atoms with van der Waals surface area (Å²) in [4.78, 5) is 1.26. The zero-order valence-corrected chi connectivity index (χ0v) is 10.5. The van der Waals surface area contributed by atoms with Crippen molar-refractivity contribution in [1.29, 1.82) is 0 Å². The maximum absolute atomic E-state index is 9.41. The highest BCUT2D eigenvalue weighted by molar-refractivity contribution is 8.00. The molecule has 2 nitrogen and oxygen atoms in total. The van der Waals surface area contributed by atoms with Crippen LogP contribution in [0.25, 0.3) is 0 Å². The fourth-order valence-corrected chi connectivity index (χ4v) is 2.99. The Balaban J connectivity index is 1.99. The molecule has 0 amide bonds. The van der Waals surface area contributed by atoms with Crippen LogP contribution < -0.4 is 0 Å². The summed E-state index contributed by atoms with van der Waals surface area (Å²) in [6.45, 7) is 4.80. The average Bonchev–Trinajstić information content (AvgIpc) is 2.65. The smallest absolute Gasteiger partial charge is 0.0761 e. The van der Waals surface area contributed by atoms with Crippen molar-refractivity contribution in [3.8, 4) is 0 Å². The van der Waals surface area contributed by atoms with Crippen molar-refractivity contribution in [1.82, 2.24) is 0 Å². The minimum atomic E-state index is -0.382. The third-order valence-electron chi connectivity index (χ3n) is 2.96. The van der Waals surface area contributed by atoms with E-state index in [4.69, 9.17) is 4.74 Å². The average molecular weight is 238 g/mol. The first-order valence-electron chi connectivity index (χ1n) is 5.73. The van der Waals surface area contributed by atoms with E-state index >= 15 is 0 Å². The van der Waals surface area contributed by atoms with E-state index in [1.165, 1.54) is 4.90 Å². The monoisotopic (exact) mass is 238 g/mol. The van der Waals surface area contributed by atoms with Crippen LogP contribution in [0.15, 0.2) is 29.2 Å². The van der Waals surface area contributed by atoms with Gasteiger partial charge in [0, 0.05) is 16.8 Å². The number of benzene rings is 1. The van der Waals surface area contributed by atoms with Crippen molar-refractivity contribution in [3.63, 3.8) is 0 Å². The zero-order chi connectivity index (χ0) is 11.5. The normalized spacial score (nSPS) is 26.9. The molecule has 3 atom stereocenters. The fourth-order valence-electron chi connectivity index (χ4n) is 1.87. The van der Waals surface area contributed by atoms with Crippen molar-refractivity contribution < 1.29 is 9.84 Å². The maximum atomic E-state index is 9.41. The highest BCUT2D eigenvalue weighted by Crippen LogP contribution is 2.32. The molecular weight excluding hydrogens is 220 g/mol. The van der Waals surface area contributed by atoms with Gasteiger partial charge in [0.05, 0.1) is 12.2 Å². The number of ether oxygens (including phenoxy) is 1. The molecule has 3 heteroatoms. The van der Waals surface area contributed by atoms with Crippen LogP contribution in [0.2, 0.25) is 0 Å². The summed E-state index contributed by atoms with van der Waals surface area (Å²) in [7, 11) is 0. The van der Waals surface area contributed by atoms with Gasteiger partial charge in [0.15, 0.2) is 0 Å². The Hall–Kier alpha value is -0.510. The molecule has 1 aromatic rings. The van der Waals surface area contributed by atoms with Gasteiger partial charge in [0.25, 0.3) is 0 Å². The fraction of sp³-hybridized carbons (Fsp3) is 0.538. The Morgan fingerprint density at radius 1 is 1.38 bits per heavy atom. The van der Waals surface area contributed by atoms with Crippen LogP contribution in [0.3, 0.4) is 0 Å². The van der Waals surface area contributed by atoms with E-state index in [0.717, 1.165) is 18.6 Å². The minimum absolute atomic E-state index is 0.349. The van der Waals surface area contributed by atoms with Crippen LogP contribution in [0.5, 0.6) is 0 Å². The molecule has 0 radical (unpaired) electrons. The van der Waals surface area contributed by atoms with E-state index in [9.17, 15) is 5.11 Å². The Bertz CT molecular complexity index is 334. The molecular formula is C13H18O2S. The SMILES string of the molecule is CC1OCCC1Sc1ccc([C@H](C)O)cc1. The highest BCUT2D eigenvalue weighted by atomic mass is 32.2. The van der Waals surface area contributed by atoms with E-state index in [1.807, 2.05) is 23.9 Å². The van der Waals surface area contributed by atoms with E-state index in [1.54, 1.807) is 6.92 Å². The van der Waals surface area contributed by atoms with Gasteiger partial charge in [-0.2, -0.15) is 0 Å². The summed E-state index contributed by atoms with van der Waals surface area (Å²) in [6, 6.07) is 8.15. The lowest BCUT2D eigenvalue weighted by molar-refractivity contribution is 0.127.